The maximum Gasteiger partial charge on any atom is 0.0545 e. The van der Waals surface area contributed by atoms with E-state index in [2.05, 4.69) is 5.32 Å². The molecule has 1 aromatic rings. The highest BCUT2D eigenvalue weighted by Gasteiger charge is 2.26. The second-order valence-electron chi connectivity index (χ2n) is 4.84. The lowest BCUT2D eigenvalue weighted by Crippen LogP contribution is -2.38. The Morgan fingerprint density at radius 1 is 1.44 bits per heavy atom. The summed E-state index contributed by atoms with van der Waals surface area (Å²) in [6, 6.07) is 8.22. The van der Waals surface area contributed by atoms with Gasteiger partial charge in [-0.15, -0.1) is 0 Å². The molecule has 1 fully saturated rings. The van der Waals surface area contributed by atoms with Crippen LogP contribution in [0.1, 0.15) is 12.0 Å². The molecule has 1 aliphatic heterocycles. The zero-order valence-corrected chi connectivity index (χ0v) is 11.8. The molecular weight excluding hydrogens is 246 g/mol. The standard InChI is InChI=1S/C14H21NO2S/c1-11-3-5-13(6-4-11)18(16)10-14(15-2)12-7-8-17-9-12/h3-6,12,14-15H,7-10H2,1-2H3. The molecular formula is C14H21NO2S. The lowest BCUT2D eigenvalue weighted by atomic mass is 10.0. The number of aryl methyl sites for hydroxylation is 1. The summed E-state index contributed by atoms with van der Waals surface area (Å²) in [5.74, 6) is 1.15. The molecule has 100 valence electrons. The van der Waals surface area contributed by atoms with Crippen molar-refractivity contribution in [2.75, 3.05) is 26.0 Å². The van der Waals surface area contributed by atoms with Gasteiger partial charge < -0.3 is 10.1 Å². The minimum atomic E-state index is -0.936. The SMILES string of the molecule is CNC(CS(=O)c1ccc(C)cc1)C1CCOC1. The molecule has 0 radical (unpaired) electrons. The van der Waals surface area contributed by atoms with Gasteiger partial charge in [0.1, 0.15) is 0 Å². The molecule has 4 heteroatoms. The van der Waals surface area contributed by atoms with Crippen molar-refractivity contribution in [3.05, 3.63) is 29.8 Å². The smallest absolute Gasteiger partial charge is 0.0545 e. The van der Waals surface area contributed by atoms with Crippen LogP contribution in [0.25, 0.3) is 0 Å². The van der Waals surface area contributed by atoms with Crippen LogP contribution < -0.4 is 5.32 Å². The number of ether oxygens (including phenoxy) is 1. The van der Waals surface area contributed by atoms with E-state index in [0.717, 1.165) is 24.5 Å². The predicted molar refractivity (Wildman–Crippen MR) is 74.2 cm³/mol. The first kappa shape index (κ1) is 13.7. The van der Waals surface area contributed by atoms with Gasteiger partial charge in [-0.1, -0.05) is 17.7 Å². The third-order valence-electron chi connectivity index (χ3n) is 3.52. The third-order valence-corrected chi connectivity index (χ3v) is 4.98. The van der Waals surface area contributed by atoms with E-state index in [-0.39, 0.29) is 6.04 Å². The lowest BCUT2D eigenvalue weighted by Gasteiger charge is -2.21. The van der Waals surface area contributed by atoms with Gasteiger partial charge in [-0.2, -0.15) is 0 Å². The molecule has 0 bridgehead atoms. The van der Waals surface area contributed by atoms with Crippen LogP contribution in [0.15, 0.2) is 29.2 Å². The van der Waals surface area contributed by atoms with Gasteiger partial charge in [0.2, 0.25) is 0 Å². The average molecular weight is 267 g/mol. The van der Waals surface area contributed by atoms with E-state index in [1.165, 1.54) is 5.56 Å². The molecule has 0 amide bonds. The van der Waals surface area contributed by atoms with Crippen molar-refractivity contribution in [2.45, 2.75) is 24.3 Å². The minimum absolute atomic E-state index is 0.273. The molecule has 0 saturated carbocycles. The maximum atomic E-state index is 12.3. The van der Waals surface area contributed by atoms with Crippen LogP contribution in [-0.2, 0) is 15.5 Å². The summed E-state index contributed by atoms with van der Waals surface area (Å²) < 4.78 is 17.7. The van der Waals surface area contributed by atoms with Gasteiger partial charge in [0, 0.05) is 29.2 Å². The van der Waals surface area contributed by atoms with Gasteiger partial charge in [0.25, 0.3) is 0 Å². The first-order chi connectivity index (χ1) is 8.70. The Morgan fingerprint density at radius 3 is 2.72 bits per heavy atom. The average Bonchev–Trinajstić information content (AvgIpc) is 2.90. The second-order valence-corrected chi connectivity index (χ2v) is 6.34. The molecule has 2 rings (SSSR count). The summed E-state index contributed by atoms with van der Waals surface area (Å²) >= 11 is 0. The monoisotopic (exact) mass is 267 g/mol. The predicted octanol–water partition coefficient (Wildman–Crippen LogP) is 1.73. The highest BCUT2D eigenvalue weighted by atomic mass is 32.2. The molecule has 0 spiro atoms. The van der Waals surface area contributed by atoms with Gasteiger partial charge >= 0.3 is 0 Å². The number of nitrogens with one attached hydrogen (secondary N) is 1. The van der Waals surface area contributed by atoms with Gasteiger partial charge in [-0.3, -0.25) is 4.21 Å². The van der Waals surface area contributed by atoms with E-state index in [4.69, 9.17) is 4.74 Å². The van der Waals surface area contributed by atoms with Crippen LogP contribution in [-0.4, -0.2) is 36.3 Å². The van der Waals surface area contributed by atoms with Crippen molar-refractivity contribution in [3.8, 4) is 0 Å². The van der Waals surface area contributed by atoms with E-state index < -0.39 is 10.8 Å². The summed E-state index contributed by atoms with van der Waals surface area (Å²) in [4.78, 5) is 0.916. The third kappa shape index (κ3) is 3.40. The summed E-state index contributed by atoms with van der Waals surface area (Å²) in [5, 5.41) is 3.28. The number of rotatable bonds is 5. The van der Waals surface area contributed by atoms with E-state index in [9.17, 15) is 4.21 Å². The quantitative estimate of drug-likeness (QED) is 0.883. The van der Waals surface area contributed by atoms with E-state index in [0.29, 0.717) is 11.7 Å². The van der Waals surface area contributed by atoms with Crippen LogP contribution in [0.3, 0.4) is 0 Å². The Morgan fingerprint density at radius 2 is 2.17 bits per heavy atom. The zero-order chi connectivity index (χ0) is 13.0. The Kier molecular flexibility index (Phi) is 4.92. The Balaban J connectivity index is 1.98. The summed E-state index contributed by atoms with van der Waals surface area (Å²) in [5.41, 5.74) is 1.20. The molecule has 0 aromatic heterocycles. The fraction of sp³-hybridized carbons (Fsp3) is 0.571. The Bertz CT molecular complexity index is 399. The molecule has 1 aliphatic rings. The van der Waals surface area contributed by atoms with Crippen molar-refractivity contribution in [3.63, 3.8) is 0 Å². The largest absolute Gasteiger partial charge is 0.381 e. The van der Waals surface area contributed by atoms with Crippen molar-refractivity contribution in [1.29, 1.82) is 0 Å². The van der Waals surface area contributed by atoms with E-state index in [1.54, 1.807) is 0 Å². The molecule has 1 N–H and O–H groups in total. The second kappa shape index (κ2) is 6.45. The van der Waals surface area contributed by atoms with Crippen molar-refractivity contribution < 1.29 is 8.95 Å². The number of benzene rings is 1. The summed E-state index contributed by atoms with van der Waals surface area (Å²) in [7, 11) is 1.00. The maximum absolute atomic E-state index is 12.3. The highest BCUT2D eigenvalue weighted by Crippen LogP contribution is 2.19. The van der Waals surface area contributed by atoms with Crippen LogP contribution in [0, 0.1) is 12.8 Å². The van der Waals surface area contributed by atoms with E-state index >= 15 is 0 Å². The van der Waals surface area contributed by atoms with Gasteiger partial charge in [0.15, 0.2) is 0 Å². The molecule has 3 atom stereocenters. The normalized spacial score (nSPS) is 22.9. The molecule has 1 saturated heterocycles. The first-order valence-corrected chi connectivity index (χ1v) is 7.72. The highest BCUT2D eigenvalue weighted by molar-refractivity contribution is 7.85. The van der Waals surface area contributed by atoms with Crippen LogP contribution in [0.5, 0.6) is 0 Å². The molecule has 1 aromatic carbocycles. The summed E-state index contributed by atoms with van der Waals surface area (Å²) in [6.45, 7) is 3.66. The molecule has 3 unspecified atom stereocenters. The molecule has 18 heavy (non-hydrogen) atoms. The minimum Gasteiger partial charge on any atom is -0.381 e. The number of hydrogen-bond acceptors (Lipinski definition) is 3. The van der Waals surface area contributed by atoms with Crippen molar-refractivity contribution >= 4 is 10.8 Å². The van der Waals surface area contributed by atoms with Crippen LogP contribution in [0.4, 0.5) is 0 Å². The Labute approximate surface area is 111 Å². The van der Waals surface area contributed by atoms with Crippen molar-refractivity contribution in [2.24, 2.45) is 5.92 Å². The van der Waals surface area contributed by atoms with Crippen LogP contribution >= 0.6 is 0 Å². The topological polar surface area (TPSA) is 38.3 Å². The number of hydrogen-bond donors (Lipinski definition) is 1. The summed E-state index contributed by atoms with van der Waals surface area (Å²) in [6.07, 6.45) is 1.07. The Hall–Kier alpha value is -0.710. The van der Waals surface area contributed by atoms with Gasteiger partial charge in [-0.05, 0) is 32.5 Å². The molecule has 1 heterocycles. The van der Waals surface area contributed by atoms with Gasteiger partial charge in [0.05, 0.1) is 17.4 Å². The van der Waals surface area contributed by atoms with E-state index in [1.807, 2.05) is 38.2 Å². The van der Waals surface area contributed by atoms with Gasteiger partial charge in [-0.25, -0.2) is 0 Å². The fourth-order valence-electron chi connectivity index (χ4n) is 2.27. The lowest BCUT2D eigenvalue weighted by molar-refractivity contribution is 0.179. The van der Waals surface area contributed by atoms with Crippen LogP contribution in [0.2, 0.25) is 0 Å². The first-order valence-electron chi connectivity index (χ1n) is 6.40. The zero-order valence-electron chi connectivity index (χ0n) is 11.0. The molecule has 0 aliphatic carbocycles. The fourth-order valence-corrected chi connectivity index (χ4v) is 3.67. The molecule has 3 nitrogen and oxygen atoms in total. The van der Waals surface area contributed by atoms with Crippen molar-refractivity contribution in [1.82, 2.24) is 5.32 Å².